The molecule has 0 spiro atoms. The number of methoxy groups -OCH3 is 1. The fourth-order valence-corrected chi connectivity index (χ4v) is 3.67. The van der Waals surface area contributed by atoms with Crippen LogP contribution in [-0.2, 0) is 13.2 Å². The van der Waals surface area contributed by atoms with Crippen LogP contribution in [0, 0.1) is 27.7 Å². The summed E-state index contributed by atoms with van der Waals surface area (Å²) in [5, 5.41) is 16.4. The molecule has 4 aromatic rings. The lowest BCUT2D eigenvalue weighted by Gasteiger charge is -2.08. The maximum atomic E-state index is 12.8. The van der Waals surface area contributed by atoms with Crippen molar-refractivity contribution in [2.75, 3.05) is 12.4 Å². The number of carbonyl (C=O) groups is 1. The zero-order chi connectivity index (χ0) is 22.8. The normalized spacial score (nSPS) is 11.0. The van der Waals surface area contributed by atoms with Crippen molar-refractivity contribution < 1.29 is 9.53 Å². The van der Waals surface area contributed by atoms with Crippen LogP contribution < -0.4 is 10.1 Å². The summed E-state index contributed by atoms with van der Waals surface area (Å²) in [5.41, 5.74) is 5.72. The van der Waals surface area contributed by atoms with E-state index in [4.69, 9.17) is 4.74 Å². The standard InChI is InChI=1S/C23H27N7O2/c1-15-11-16(2)30(25-15)14-28-10-9-21(27-28)23(31)24-22-17(3)26-29(18(22)4)13-19-7-6-8-20(12-19)32-5/h6-12H,13-14H2,1-5H3,(H,24,31). The van der Waals surface area contributed by atoms with Gasteiger partial charge in [-0.25, -0.2) is 4.68 Å². The smallest absolute Gasteiger partial charge is 0.276 e. The third kappa shape index (κ3) is 4.41. The molecule has 0 aliphatic carbocycles. The SMILES string of the molecule is COc1cccc(Cn2nc(C)c(NC(=O)c3ccn(Cn4nc(C)cc4C)n3)c2C)c1. The Balaban J connectivity index is 1.48. The predicted octanol–water partition coefficient (Wildman–Crippen LogP) is 3.32. The predicted molar refractivity (Wildman–Crippen MR) is 121 cm³/mol. The van der Waals surface area contributed by atoms with Gasteiger partial charge in [-0.2, -0.15) is 15.3 Å². The molecule has 9 nitrogen and oxygen atoms in total. The highest BCUT2D eigenvalue weighted by molar-refractivity contribution is 6.03. The van der Waals surface area contributed by atoms with Crippen LogP contribution in [0.4, 0.5) is 5.69 Å². The number of nitrogens with one attached hydrogen (secondary N) is 1. The van der Waals surface area contributed by atoms with Crippen LogP contribution in [0.5, 0.6) is 5.75 Å². The van der Waals surface area contributed by atoms with E-state index in [1.54, 1.807) is 24.1 Å². The Morgan fingerprint density at radius 1 is 1.03 bits per heavy atom. The van der Waals surface area contributed by atoms with Crippen LogP contribution in [-0.4, -0.2) is 42.4 Å². The van der Waals surface area contributed by atoms with Gasteiger partial charge in [-0.1, -0.05) is 12.1 Å². The number of aromatic nitrogens is 6. The molecule has 9 heteroatoms. The first-order valence-electron chi connectivity index (χ1n) is 10.4. The summed E-state index contributed by atoms with van der Waals surface area (Å²) in [6.45, 7) is 8.79. The highest BCUT2D eigenvalue weighted by atomic mass is 16.5. The van der Waals surface area contributed by atoms with Crippen LogP contribution in [0.15, 0.2) is 42.6 Å². The molecule has 0 saturated heterocycles. The lowest BCUT2D eigenvalue weighted by Crippen LogP contribution is -2.16. The maximum absolute atomic E-state index is 12.8. The second kappa shape index (κ2) is 8.70. The third-order valence-corrected chi connectivity index (χ3v) is 5.34. The first kappa shape index (κ1) is 21.4. The molecular weight excluding hydrogens is 406 g/mol. The quantitative estimate of drug-likeness (QED) is 0.483. The van der Waals surface area contributed by atoms with Gasteiger partial charge in [-0.3, -0.25) is 14.2 Å². The Morgan fingerprint density at radius 2 is 1.84 bits per heavy atom. The van der Waals surface area contributed by atoms with Gasteiger partial charge in [0.25, 0.3) is 5.91 Å². The van der Waals surface area contributed by atoms with Crippen molar-refractivity contribution in [3.8, 4) is 5.75 Å². The van der Waals surface area contributed by atoms with E-state index >= 15 is 0 Å². The van der Waals surface area contributed by atoms with Crippen LogP contribution in [0.1, 0.15) is 38.8 Å². The van der Waals surface area contributed by atoms with E-state index in [0.29, 0.717) is 24.6 Å². The number of carbonyl (C=O) groups excluding carboxylic acids is 1. The largest absolute Gasteiger partial charge is 0.497 e. The van der Waals surface area contributed by atoms with E-state index in [-0.39, 0.29) is 5.91 Å². The molecule has 0 bridgehead atoms. The van der Waals surface area contributed by atoms with Crippen LogP contribution in [0.3, 0.4) is 0 Å². The molecule has 4 rings (SSSR count). The number of ether oxygens (including phenoxy) is 1. The summed E-state index contributed by atoms with van der Waals surface area (Å²) >= 11 is 0. The number of benzene rings is 1. The van der Waals surface area contributed by atoms with Gasteiger partial charge in [0.05, 0.1) is 36.4 Å². The fourth-order valence-electron chi connectivity index (χ4n) is 3.67. The van der Waals surface area contributed by atoms with Gasteiger partial charge < -0.3 is 10.1 Å². The summed E-state index contributed by atoms with van der Waals surface area (Å²) in [5.74, 6) is 0.526. The molecule has 0 aliphatic rings. The van der Waals surface area contributed by atoms with Crippen molar-refractivity contribution in [1.82, 2.24) is 29.3 Å². The lowest BCUT2D eigenvalue weighted by molar-refractivity contribution is 0.102. The molecular formula is C23H27N7O2. The maximum Gasteiger partial charge on any atom is 0.276 e. The van der Waals surface area contributed by atoms with Crippen molar-refractivity contribution in [1.29, 1.82) is 0 Å². The molecule has 0 aliphatic heterocycles. The molecule has 0 unspecified atom stereocenters. The molecule has 166 valence electrons. The molecule has 1 N–H and O–H groups in total. The average molecular weight is 434 g/mol. The highest BCUT2D eigenvalue weighted by Crippen LogP contribution is 2.22. The van der Waals surface area contributed by atoms with E-state index in [2.05, 4.69) is 20.6 Å². The minimum atomic E-state index is -0.274. The first-order valence-corrected chi connectivity index (χ1v) is 10.4. The molecule has 0 radical (unpaired) electrons. The minimum Gasteiger partial charge on any atom is -0.497 e. The fraction of sp³-hybridized carbons (Fsp3) is 0.304. The van der Waals surface area contributed by atoms with Gasteiger partial charge >= 0.3 is 0 Å². The Hall–Kier alpha value is -3.88. The number of hydrogen-bond acceptors (Lipinski definition) is 5. The Morgan fingerprint density at radius 3 is 2.56 bits per heavy atom. The molecule has 0 fully saturated rings. The van der Waals surface area contributed by atoms with Gasteiger partial charge in [-0.15, -0.1) is 0 Å². The van der Waals surface area contributed by atoms with Gasteiger partial charge in [0, 0.05) is 11.9 Å². The Kier molecular flexibility index (Phi) is 5.81. The summed E-state index contributed by atoms with van der Waals surface area (Å²) in [4.78, 5) is 12.8. The van der Waals surface area contributed by atoms with E-state index in [1.165, 1.54) is 0 Å². The molecule has 3 heterocycles. The van der Waals surface area contributed by atoms with Crippen molar-refractivity contribution in [3.05, 3.63) is 76.6 Å². The Labute approximate surface area is 186 Å². The van der Waals surface area contributed by atoms with Crippen molar-refractivity contribution in [2.45, 2.75) is 40.9 Å². The number of aryl methyl sites for hydroxylation is 3. The topological polar surface area (TPSA) is 91.8 Å². The van der Waals surface area contributed by atoms with E-state index in [1.807, 2.05) is 67.4 Å². The summed E-state index contributed by atoms with van der Waals surface area (Å²) in [6, 6.07) is 11.6. The van der Waals surface area contributed by atoms with Gasteiger partial charge in [0.15, 0.2) is 5.69 Å². The second-order valence-electron chi connectivity index (χ2n) is 7.82. The number of anilines is 1. The van der Waals surface area contributed by atoms with Crippen molar-refractivity contribution in [3.63, 3.8) is 0 Å². The molecule has 1 aromatic carbocycles. The van der Waals surface area contributed by atoms with Crippen LogP contribution >= 0.6 is 0 Å². The number of amides is 1. The van der Waals surface area contributed by atoms with Crippen LogP contribution in [0.25, 0.3) is 0 Å². The van der Waals surface area contributed by atoms with E-state index < -0.39 is 0 Å². The highest BCUT2D eigenvalue weighted by Gasteiger charge is 2.17. The second-order valence-corrected chi connectivity index (χ2v) is 7.82. The number of rotatable bonds is 7. The first-order chi connectivity index (χ1) is 15.3. The van der Waals surface area contributed by atoms with Gasteiger partial charge in [-0.05, 0) is 57.5 Å². The summed E-state index contributed by atoms with van der Waals surface area (Å²) in [6.07, 6.45) is 1.78. The molecule has 3 aromatic heterocycles. The monoisotopic (exact) mass is 433 g/mol. The van der Waals surface area contributed by atoms with Gasteiger partial charge in [0.2, 0.25) is 0 Å². The van der Waals surface area contributed by atoms with Crippen molar-refractivity contribution >= 4 is 11.6 Å². The lowest BCUT2D eigenvalue weighted by atomic mass is 10.2. The number of hydrogen-bond donors (Lipinski definition) is 1. The summed E-state index contributed by atoms with van der Waals surface area (Å²) < 4.78 is 10.7. The minimum absolute atomic E-state index is 0.274. The van der Waals surface area contributed by atoms with E-state index in [9.17, 15) is 4.79 Å². The molecule has 32 heavy (non-hydrogen) atoms. The Bertz CT molecular complexity index is 1270. The zero-order valence-electron chi connectivity index (χ0n) is 19.0. The van der Waals surface area contributed by atoms with E-state index in [0.717, 1.165) is 34.1 Å². The summed E-state index contributed by atoms with van der Waals surface area (Å²) in [7, 11) is 1.65. The van der Waals surface area contributed by atoms with Crippen molar-refractivity contribution in [2.24, 2.45) is 0 Å². The molecule has 0 atom stereocenters. The number of nitrogens with zero attached hydrogens (tertiary/aromatic N) is 6. The van der Waals surface area contributed by atoms with Gasteiger partial charge in [0.1, 0.15) is 12.4 Å². The average Bonchev–Trinajstić information content (AvgIpc) is 3.43. The third-order valence-electron chi connectivity index (χ3n) is 5.34. The van der Waals surface area contributed by atoms with Crippen LogP contribution in [0.2, 0.25) is 0 Å². The molecule has 0 saturated carbocycles. The molecule has 1 amide bonds. The zero-order valence-corrected chi connectivity index (χ0v) is 19.0.